The molecular weight excluding hydrogens is 426 g/mol. The van der Waals surface area contributed by atoms with E-state index in [4.69, 9.17) is 23.4 Å². The van der Waals surface area contributed by atoms with Gasteiger partial charge in [-0.05, 0) is 32.4 Å². The largest absolute Gasteiger partial charge is 0.511 e. The van der Waals surface area contributed by atoms with Crippen molar-refractivity contribution in [3.63, 3.8) is 0 Å². The normalized spacial score (nSPS) is 13.8. The first-order valence-electron chi connectivity index (χ1n) is 8.59. The standard InChI is InChI=1S/C17H24O10P2/c1-12(2)25-17(21)24-11-23-16(20)13(8-9-15(18)19)10-29(22,27-28)26-14-6-4-3-5-7-14/h3-7,12-13H,8-11,28H2,1-2H3,(H,18,19). The summed E-state index contributed by atoms with van der Waals surface area (Å²) in [6, 6.07) is 8.15. The van der Waals surface area contributed by atoms with Crippen LogP contribution in [0.3, 0.4) is 0 Å². The summed E-state index contributed by atoms with van der Waals surface area (Å²) in [6.07, 6.45) is -2.43. The number of carboxylic acids is 1. The third-order valence-corrected chi connectivity index (χ3v) is 6.00. The number of hydrogen-bond acceptors (Lipinski definition) is 9. The summed E-state index contributed by atoms with van der Waals surface area (Å²) in [5.41, 5.74) is 0. The van der Waals surface area contributed by atoms with Crippen LogP contribution in [-0.2, 0) is 32.7 Å². The molecule has 0 saturated heterocycles. The molecule has 0 aliphatic carbocycles. The maximum Gasteiger partial charge on any atom is 0.511 e. The van der Waals surface area contributed by atoms with Gasteiger partial charge in [-0.1, -0.05) is 18.2 Å². The number of carboxylic acid groups (broad SMARTS) is 1. The van der Waals surface area contributed by atoms with Crippen LogP contribution in [0, 0.1) is 5.92 Å². The molecule has 0 saturated carbocycles. The monoisotopic (exact) mass is 450 g/mol. The summed E-state index contributed by atoms with van der Waals surface area (Å²) < 4.78 is 37.3. The second kappa shape index (κ2) is 12.4. The number of ether oxygens (including phenoxy) is 3. The van der Waals surface area contributed by atoms with E-state index in [0.29, 0.717) is 0 Å². The molecule has 0 spiro atoms. The molecule has 12 heteroatoms. The number of para-hydroxylation sites is 1. The molecule has 0 fully saturated rings. The SMILES string of the molecule is CC(C)OC(=O)OCOC(=O)C(CCC(=O)O)CP(=O)(OP)Oc1ccccc1. The van der Waals surface area contributed by atoms with Gasteiger partial charge in [0.2, 0.25) is 6.79 Å². The molecule has 29 heavy (non-hydrogen) atoms. The van der Waals surface area contributed by atoms with Crippen LogP contribution in [-0.4, -0.2) is 42.3 Å². The van der Waals surface area contributed by atoms with E-state index in [1.54, 1.807) is 44.2 Å². The van der Waals surface area contributed by atoms with Crippen LogP contribution in [0.4, 0.5) is 4.79 Å². The molecule has 0 aliphatic heterocycles. The minimum Gasteiger partial charge on any atom is -0.481 e. The average molecular weight is 450 g/mol. The van der Waals surface area contributed by atoms with E-state index >= 15 is 0 Å². The lowest BCUT2D eigenvalue weighted by Gasteiger charge is -2.21. The highest BCUT2D eigenvalue weighted by Gasteiger charge is 2.35. The molecule has 0 amide bonds. The number of rotatable bonds is 12. The zero-order valence-corrected chi connectivity index (χ0v) is 18.1. The van der Waals surface area contributed by atoms with Crippen LogP contribution in [0.1, 0.15) is 26.7 Å². The molecule has 0 aromatic heterocycles. The first-order valence-corrected chi connectivity index (χ1v) is 10.8. The maximum atomic E-state index is 12.9. The van der Waals surface area contributed by atoms with E-state index in [2.05, 4.69) is 4.74 Å². The van der Waals surface area contributed by atoms with Gasteiger partial charge < -0.3 is 23.8 Å². The fourth-order valence-corrected chi connectivity index (χ4v) is 3.98. The lowest BCUT2D eigenvalue weighted by Crippen LogP contribution is -2.25. The summed E-state index contributed by atoms with van der Waals surface area (Å²) in [7, 11) is -2.01. The van der Waals surface area contributed by atoms with Crippen LogP contribution in [0.5, 0.6) is 5.75 Å². The Balaban J connectivity index is 2.76. The lowest BCUT2D eigenvalue weighted by molar-refractivity contribution is -0.158. The number of esters is 1. The van der Waals surface area contributed by atoms with Crippen LogP contribution < -0.4 is 4.52 Å². The van der Waals surface area contributed by atoms with Crippen molar-refractivity contribution in [1.82, 2.24) is 0 Å². The number of carbonyl (C=O) groups is 3. The van der Waals surface area contributed by atoms with Crippen molar-refractivity contribution >= 4 is 35.2 Å². The maximum absolute atomic E-state index is 12.9. The van der Waals surface area contributed by atoms with Crippen LogP contribution in [0.2, 0.25) is 0 Å². The Labute approximate surface area is 170 Å². The van der Waals surface area contributed by atoms with Crippen molar-refractivity contribution in [3.05, 3.63) is 30.3 Å². The van der Waals surface area contributed by atoms with E-state index in [1.807, 2.05) is 9.47 Å². The molecule has 0 heterocycles. The fraction of sp³-hybridized carbons (Fsp3) is 0.471. The lowest BCUT2D eigenvalue weighted by atomic mass is 10.1. The molecule has 3 unspecified atom stereocenters. The smallest absolute Gasteiger partial charge is 0.481 e. The van der Waals surface area contributed by atoms with Gasteiger partial charge in [0.15, 0.2) is 0 Å². The number of carbonyl (C=O) groups excluding carboxylic acids is 2. The average Bonchev–Trinajstić information content (AvgIpc) is 2.65. The molecule has 0 radical (unpaired) electrons. The van der Waals surface area contributed by atoms with Crippen molar-refractivity contribution in [1.29, 1.82) is 0 Å². The molecule has 1 aromatic carbocycles. The minimum atomic E-state index is -3.83. The number of hydrogen-bond donors (Lipinski definition) is 1. The van der Waals surface area contributed by atoms with Gasteiger partial charge in [0.05, 0.1) is 18.2 Å². The zero-order valence-electron chi connectivity index (χ0n) is 16.0. The summed E-state index contributed by atoms with van der Waals surface area (Å²) in [5, 5.41) is 8.89. The van der Waals surface area contributed by atoms with E-state index in [1.165, 1.54) is 0 Å². The topological polar surface area (TPSA) is 135 Å². The Kier molecular flexibility index (Phi) is 10.7. The molecule has 3 atom stereocenters. The van der Waals surface area contributed by atoms with Gasteiger partial charge in [0.1, 0.15) is 5.75 Å². The fourth-order valence-electron chi connectivity index (χ4n) is 2.08. The quantitative estimate of drug-likeness (QED) is 0.286. The molecule has 10 nitrogen and oxygen atoms in total. The van der Waals surface area contributed by atoms with Gasteiger partial charge in [-0.3, -0.25) is 13.9 Å². The second-order valence-corrected chi connectivity index (χ2v) is 8.69. The highest BCUT2D eigenvalue weighted by molar-refractivity contribution is 7.58. The third kappa shape index (κ3) is 10.3. The summed E-state index contributed by atoms with van der Waals surface area (Å²) in [6.45, 7) is 2.49. The van der Waals surface area contributed by atoms with Gasteiger partial charge >= 0.3 is 25.7 Å². The van der Waals surface area contributed by atoms with Gasteiger partial charge in [-0.15, -0.1) is 0 Å². The van der Waals surface area contributed by atoms with Gasteiger partial charge in [-0.2, -0.15) is 0 Å². The first kappa shape index (κ1) is 24.9. The summed E-state index contributed by atoms with van der Waals surface area (Å²) in [4.78, 5) is 34.5. The Bertz CT molecular complexity index is 722. The molecule has 1 N–H and O–H groups in total. The zero-order chi connectivity index (χ0) is 21.9. The minimum absolute atomic E-state index is 0.180. The van der Waals surface area contributed by atoms with Gasteiger partial charge in [0.25, 0.3) is 0 Å². The van der Waals surface area contributed by atoms with E-state index in [0.717, 1.165) is 0 Å². The van der Waals surface area contributed by atoms with Crippen molar-refractivity contribution in [2.45, 2.75) is 32.8 Å². The number of benzene rings is 1. The summed E-state index contributed by atoms with van der Waals surface area (Å²) >= 11 is 0. The Morgan fingerprint density at radius 1 is 1.14 bits per heavy atom. The van der Waals surface area contributed by atoms with Crippen molar-refractivity contribution in [3.8, 4) is 5.75 Å². The van der Waals surface area contributed by atoms with Crippen molar-refractivity contribution < 1.29 is 47.1 Å². The van der Waals surface area contributed by atoms with E-state index in [-0.39, 0.29) is 18.6 Å². The van der Waals surface area contributed by atoms with Crippen molar-refractivity contribution in [2.24, 2.45) is 5.92 Å². The highest BCUT2D eigenvalue weighted by atomic mass is 31.2. The van der Waals surface area contributed by atoms with Gasteiger partial charge in [-0.25, -0.2) is 9.36 Å². The Hall–Kier alpha value is -2.15. The molecule has 1 rings (SSSR count). The Morgan fingerprint density at radius 2 is 1.79 bits per heavy atom. The molecule has 162 valence electrons. The van der Waals surface area contributed by atoms with Gasteiger partial charge in [0, 0.05) is 15.9 Å². The van der Waals surface area contributed by atoms with Crippen LogP contribution in [0.15, 0.2) is 30.3 Å². The predicted molar refractivity (Wildman–Crippen MR) is 104 cm³/mol. The van der Waals surface area contributed by atoms with Crippen molar-refractivity contribution in [2.75, 3.05) is 13.0 Å². The van der Waals surface area contributed by atoms with E-state index < -0.39 is 50.7 Å². The molecular formula is C17H24O10P2. The third-order valence-electron chi connectivity index (χ3n) is 3.34. The summed E-state index contributed by atoms with van der Waals surface area (Å²) in [5.74, 6) is -2.94. The molecule has 0 aliphatic rings. The molecule has 0 bridgehead atoms. The second-order valence-electron chi connectivity index (χ2n) is 6.07. The first-order chi connectivity index (χ1) is 13.6. The van der Waals surface area contributed by atoms with Crippen LogP contribution >= 0.6 is 17.1 Å². The number of aliphatic carboxylic acids is 1. The molecule has 1 aromatic rings. The van der Waals surface area contributed by atoms with Crippen LogP contribution in [0.25, 0.3) is 0 Å². The predicted octanol–water partition coefficient (Wildman–Crippen LogP) is 3.61. The van der Waals surface area contributed by atoms with E-state index in [9.17, 15) is 18.9 Å². The Morgan fingerprint density at radius 3 is 2.34 bits per heavy atom. The highest BCUT2D eigenvalue weighted by Crippen LogP contribution is 2.52.